The topological polar surface area (TPSA) is 37.9 Å². The van der Waals surface area contributed by atoms with E-state index in [1.54, 1.807) is 13.4 Å². The zero-order chi connectivity index (χ0) is 10.5. The van der Waals surface area contributed by atoms with Gasteiger partial charge in [-0.15, -0.1) is 0 Å². The van der Waals surface area contributed by atoms with E-state index in [-0.39, 0.29) is 0 Å². The Labute approximate surface area is 89.1 Å². The van der Waals surface area contributed by atoms with Gasteiger partial charge in [-0.1, -0.05) is 12.1 Å². The van der Waals surface area contributed by atoms with E-state index in [1.165, 1.54) is 5.56 Å². The molecule has 0 aliphatic carbocycles. The maximum Gasteiger partial charge on any atom is 0.119 e. The van der Waals surface area contributed by atoms with E-state index in [1.807, 2.05) is 24.4 Å². The van der Waals surface area contributed by atoms with Crippen molar-refractivity contribution in [3.63, 3.8) is 0 Å². The quantitative estimate of drug-likeness (QED) is 0.823. The molecule has 3 nitrogen and oxygen atoms in total. The van der Waals surface area contributed by atoms with Crippen LogP contribution < -0.4 is 4.74 Å². The molecule has 1 N–H and O–H groups in total. The molecule has 2 rings (SSSR count). The van der Waals surface area contributed by atoms with Gasteiger partial charge in [0.15, 0.2) is 0 Å². The second-order valence-corrected chi connectivity index (χ2v) is 3.25. The van der Waals surface area contributed by atoms with Crippen molar-refractivity contribution in [3.05, 3.63) is 54.5 Å². The highest BCUT2D eigenvalue weighted by atomic mass is 16.5. The van der Waals surface area contributed by atoms with Crippen LogP contribution in [0.4, 0.5) is 0 Å². The summed E-state index contributed by atoms with van der Waals surface area (Å²) in [6.45, 7) is 0. The minimum absolute atomic E-state index is 0.863. The Kier molecular flexibility index (Phi) is 3.02. The Morgan fingerprint density at radius 1 is 1.47 bits per heavy atom. The molecular formula is C12H13N2O. The highest BCUT2D eigenvalue weighted by Crippen LogP contribution is 2.14. The molecule has 1 heterocycles. The fourth-order valence-electron chi connectivity index (χ4n) is 1.41. The summed E-state index contributed by atoms with van der Waals surface area (Å²) >= 11 is 0. The van der Waals surface area contributed by atoms with Gasteiger partial charge in [0, 0.05) is 12.6 Å². The molecule has 0 aliphatic rings. The van der Waals surface area contributed by atoms with Crippen LogP contribution in [0.3, 0.4) is 0 Å². The molecule has 0 unspecified atom stereocenters. The second kappa shape index (κ2) is 4.64. The van der Waals surface area contributed by atoms with Crippen LogP contribution in [0.15, 0.2) is 36.8 Å². The van der Waals surface area contributed by atoms with E-state index in [2.05, 4.69) is 22.5 Å². The van der Waals surface area contributed by atoms with Gasteiger partial charge in [-0.25, -0.2) is 4.98 Å². The van der Waals surface area contributed by atoms with E-state index in [0.717, 1.165) is 17.9 Å². The van der Waals surface area contributed by atoms with Crippen molar-refractivity contribution in [2.75, 3.05) is 7.11 Å². The highest BCUT2D eigenvalue weighted by molar-refractivity contribution is 5.30. The zero-order valence-electron chi connectivity index (χ0n) is 8.60. The van der Waals surface area contributed by atoms with Gasteiger partial charge in [-0.2, -0.15) is 0 Å². The third-order valence-corrected chi connectivity index (χ3v) is 2.20. The molecule has 0 saturated carbocycles. The first-order valence-corrected chi connectivity index (χ1v) is 4.83. The smallest absolute Gasteiger partial charge is 0.119 e. The summed E-state index contributed by atoms with van der Waals surface area (Å²) < 4.78 is 5.16. The first kappa shape index (κ1) is 9.77. The molecule has 0 fully saturated rings. The van der Waals surface area contributed by atoms with Crippen LogP contribution in [0.5, 0.6) is 5.75 Å². The Morgan fingerprint density at radius 3 is 3.13 bits per heavy atom. The van der Waals surface area contributed by atoms with Crippen molar-refractivity contribution >= 4 is 0 Å². The Bertz CT molecular complexity index is 409. The van der Waals surface area contributed by atoms with Crippen molar-refractivity contribution in [3.8, 4) is 5.75 Å². The third-order valence-electron chi connectivity index (χ3n) is 2.20. The molecule has 15 heavy (non-hydrogen) atoms. The van der Waals surface area contributed by atoms with Crippen molar-refractivity contribution < 1.29 is 4.74 Å². The lowest BCUT2D eigenvalue weighted by Gasteiger charge is -2.02. The number of methoxy groups -OCH3 is 1. The molecule has 2 aromatic rings. The monoisotopic (exact) mass is 201 g/mol. The Hall–Kier alpha value is -1.77. The summed E-state index contributed by atoms with van der Waals surface area (Å²) in [7, 11) is 1.68. The molecule has 1 aromatic carbocycles. The van der Waals surface area contributed by atoms with Crippen LogP contribution in [-0.2, 0) is 6.42 Å². The van der Waals surface area contributed by atoms with Gasteiger partial charge in [0.1, 0.15) is 5.75 Å². The average Bonchev–Trinajstić information content (AvgIpc) is 2.79. The lowest BCUT2D eigenvalue weighted by Crippen LogP contribution is -1.90. The SMILES string of the molecule is COc1cccc(C[CH]c2c[nH]cn2)c1. The number of aromatic amines is 1. The number of benzene rings is 1. The van der Waals surface area contributed by atoms with Crippen molar-refractivity contribution in [2.45, 2.75) is 6.42 Å². The minimum Gasteiger partial charge on any atom is -0.497 e. The lowest BCUT2D eigenvalue weighted by atomic mass is 10.1. The van der Waals surface area contributed by atoms with E-state index >= 15 is 0 Å². The summed E-state index contributed by atoms with van der Waals surface area (Å²) in [5.74, 6) is 0.892. The molecule has 0 aliphatic heterocycles. The first-order valence-electron chi connectivity index (χ1n) is 4.83. The Morgan fingerprint density at radius 2 is 2.40 bits per heavy atom. The number of H-pyrrole nitrogens is 1. The molecule has 0 atom stereocenters. The fraction of sp³-hybridized carbons (Fsp3) is 0.167. The minimum atomic E-state index is 0.863. The van der Waals surface area contributed by atoms with E-state index < -0.39 is 0 Å². The molecule has 0 amide bonds. The third kappa shape index (κ3) is 2.59. The number of imidazole rings is 1. The first-order chi connectivity index (χ1) is 7.38. The normalized spacial score (nSPS) is 10.2. The summed E-state index contributed by atoms with van der Waals surface area (Å²) in [6, 6.07) is 8.04. The largest absolute Gasteiger partial charge is 0.497 e. The van der Waals surface area contributed by atoms with Crippen LogP contribution in [-0.4, -0.2) is 17.1 Å². The van der Waals surface area contributed by atoms with Gasteiger partial charge in [-0.3, -0.25) is 0 Å². The molecule has 0 spiro atoms. The van der Waals surface area contributed by atoms with Crippen LogP contribution in [0.2, 0.25) is 0 Å². The standard InChI is InChI=1S/C12H13N2O/c1-15-12-4-2-3-10(7-12)5-6-11-8-13-9-14-11/h2-4,6-9H,5H2,1H3,(H,13,14). The van der Waals surface area contributed by atoms with E-state index in [9.17, 15) is 0 Å². The van der Waals surface area contributed by atoms with Crippen molar-refractivity contribution in [2.24, 2.45) is 0 Å². The van der Waals surface area contributed by atoms with Crippen molar-refractivity contribution in [1.29, 1.82) is 0 Å². The molecule has 0 bridgehead atoms. The van der Waals surface area contributed by atoms with Gasteiger partial charge >= 0.3 is 0 Å². The molecule has 3 heteroatoms. The molecule has 1 radical (unpaired) electrons. The number of rotatable bonds is 4. The Balaban J connectivity index is 1.98. The summed E-state index contributed by atoms with van der Waals surface area (Å²) in [4.78, 5) is 7.05. The second-order valence-electron chi connectivity index (χ2n) is 3.25. The van der Waals surface area contributed by atoms with Crippen LogP contribution in [0.1, 0.15) is 11.3 Å². The summed E-state index contributed by atoms with van der Waals surface area (Å²) in [5.41, 5.74) is 2.19. The predicted octanol–water partition coefficient (Wildman–Crippen LogP) is 2.21. The van der Waals surface area contributed by atoms with E-state index in [4.69, 9.17) is 4.74 Å². The van der Waals surface area contributed by atoms with Crippen LogP contribution in [0.25, 0.3) is 0 Å². The maximum absolute atomic E-state index is 5.16. The number of nitrogens with zero attached hydrogens (tertiary/aromatic N) is 1. The van der Waals surface area contributed by atoms with Gasteiger partial charge < -0.3 is 9.72 Å². The summed E-state index contributed by atoms with van der Waals surface area (Å²) in [5, 5.41) is 0. The van der Waals surface area contributed by atoms with E-state index in [0.29, 0.717) is 0 Å². The van der Waals surface area contributed by atoms with Gasteiger partial charge in [0.25, 0.3) is 0 Å². The van der Waals surface area contributed by atoms with Crippen molar-refractivity contribution in [1.82, 2.24) is 9.97 Å². The molecule has 1 aromatic heterocycles. The number of aromatic nitrogens is 2. The average molecular weight is 201 g/mol. The van der Waals surface area contributed by atoms with Gasteiger partial charge in [0.05, 0.1) is 19.1 Å². The fourth-order valence-corrected chi connectivity index (χ4v) is 1.41. The van der Waals surface area contributed by atoms with Gasteiger partial charge in [0.2, 0.25) is 0 Å². The van der Waals surface area contributed by atoms with Crippen LogP contribution in [0, 0.1) is 6.42 Å². The lowest BCUT2D eigenvalue weighted by molar-refractivity contribution is 0.414. The highest BCUT2D eigenvalue weighted by Gasteiger charge is 1.99. The molecule has 77 valence electrons. The number of ether oxygens (including phenoxy) is 1. The van der Waals surface area contributed by atoms with Gasteiger partial charge in [-0.05, 0) is 24.1 Å². The maximum atomic E-state index is 5.16. The number of nitrogens with one attached hydrogen (secondary N) is 1. The van der Waals surface area contributed by atoms with Crippen LogP contribution >= 0.6 is 0 Å². The zero-order valence-corrected chi connectivity index (χ0v) is 8.60. The predicted molar refractivity (Wildman–Crippen MR) is 58.7 cm³/mol. The summed E-state index contributed by atoms with van der Waals surface area (Å²) in [6.07, 6.45) is 6.49. The number of hydrogen-bond donors (Lipinski definition) is 1. The molecule has 0 saturated heterocycles. The number of hydrogen-bond acceptors (Lipinski definition) is 2. The molecular weight excluding hydrogens is 188 g/mol.